The first-order valence-electron chi connectivity index (χ1n) is 10.6. The van der Waals surface area contributed by atoms with E-state index >= 15 is 0 Å². The second-order valence-electron chi connectivity index (χ2n) is 8.13. The number of fused-ring (bicyclic) bond motifs is 1. The van der Waals surface area contributed by atoms with Gasteiger partial charge in [0.05, 0.1) is 6.61 Å². The Bertz CT molecular complexity index is 833. The number of hydrogen-bond donors (Lipinski definition) is 1. The fourth-order valence-electron chi connectivity index (χ4n) is 4.32. The van der Waals surface area contributed by atoms with Crippen molar-refractivity contribution in [3.05, 3.63) is 65.2 Å². The van der Waals surface area contributed by atoms with Gasteiger partial charge in [-0.05, 0) is 35.6 Å². The largest absolute Gasteiger partial charge is 0.381 e. The standard InChI is InChI=1S/C24H32N4O.HI/c1-25-24(27(2)16-21-12-14-29-18-21)26-15-19-7-9-20(10-8-19)17-28-13-11-22-5-3-4-6-23(22)28;/h3-10,21H,11-18H2,1-2H3,(H,25,26);1H. The van der Waals surface area contributed by atoms with Gasteiger partial charge in [-0.1, -0.05) is 42.5 Å². The second-order valence-corrected chi connectivity index (χ2v) is 8.13. The third-order valence-corrected chi connectivity index (χ3v) is 5.96. The Kier molecular flexibility index (Phi) is 8.39. The molecule has 30 heavy (non-hydrogen) atoms. The molecule has 2 heterocycles. The molecule has 0 amide bonds. The molecule has 5 nitrogen and oxygen atoms in total. The van der Waals surface area contributed by atoms with E-state index in [0.29, 0.717) is 5.92 Å². The van der Waals surface area contributed by atoms with Gasteiger partial charge in [-0.25, -0.2) is 0 Å². The van der Waals surface area contributed by atoms with Crippen molar-refractivity contribution in [1.82, 2.24) is 10.2 Å². The van der Waals surface area contributed by atoms with E-state index in [0.717, 1.165) is 58.2 Å². The van der Waals surface area contributed by atoms with Crippen LogP contribution < -0.4 is 10.2 Å². The Balaban J connectivity index is 0.00000256. The smallest absolute Gasteiger partial charge is 0.193 e. The zero-order chi connectivity index (χ0) is 20.1. The average molecular weight is 520 g/mol. The zero-order valence-electron chi connectivity index (χ0n) is 18.0. The maximum absolute atomic E-state index is 5.49. The van der Waals surface area contributed by atoms with Gasteiger partial charge in [0.25, 0.3) is 0 Å². The summed E-state index contributed by atoms with van der Waals surface area (Å²) in [6, 6.07) is 17.7. The summed E-state index contributed by atoms with van der Waals surface area (Å²) >= 11 is 0. The molecule has 4 rings (SSSR count). The third kappa shape index (κ3) is 5.66. The predicted molar refractivity (Wildman–Crippen MR) is 135 cm³/mol. The zero-order valence-corrected chi connectivity index (χ0v) is 20.3. The van der Waals surface area contributed by atoms with E-state index in [-0.39, 0.29) is 24.0 Å². The molecule has 1 N–H and O–H groups in total. The maximum atomic E-state index is 5.49. The number of nitrogens with zero attached hydrogens (tertiary/aromatic N) is 3. The van der Waals surface area contributed by atoms with Crippen LogP contribution in [0, 0.1) is 5.92 Å². The first-order valence-corrected chi connectivity index (χ1v) is 10.6. The summed E-state index contributed by atoms with van der Waals surface area (Å²) in [6.45, 7) is 5.60. The molecule has 2 aliphatic rings. The number of aliphatic imine (C=N–C) groups is 1. The van der Waals surface area contributed by atoms with Crippen molar-refractivity contribution >= 4 is 35.6 Å². The van der Waals surface area contributed by atoms with Crippen molar-refractivity contribution in [2.24, 2.45) is 10.9 Å². The van der Waals surface area contributed by atoms with Crippen LogP contribution in [0.5, 0.6) is 0 Å². The van der Waals surface area contributed by atoms with Crippen molar-refractivity contribution in [3.63, 3.8) is 0 Å². The molecule has 0 radical (unpaired) electrons. The van der Waals surface area contributed by atoms with Crippen LogP contribution in [0.15, 0.2) is 53.5 Å². The molecule has 1 atom stereocenters. The van der Waals surface area contributed by atoms with Gasteiger partial charge in [0.15, 0.2) is 5.96 Å². The Morgan fingerprint density at radius 3 is 2.67 bits per heavy atom. The molecule has 2 aliphatic heterocycles. The quantitative estimate of drug-likeness (QED) is 0.356. The van der Waals surface area contributed by atoms with E-state index < -0.39 is 0 Å². The van der Waals surface area contributed by atoms with E-state index in [9.17, 15) is 0 Å². The van der Waals surface area contributed by atoms with Gasteiger partial charge < -0.3 is 19.9 Å². The average Bonchev–Trinajstić information content (AvgIpc) is 3.40. The molecule has 1 unspecified atom stereocenters. The number of para-hydroxylation sites is 1. The topological polar surface area (TPSA) is 40.1 Å². The van der Waals surface area contributed by atoms with Gasteiger partial charge in [0.2, 0.25) is 0 Å². The number of hydrogen-bond acceptors (Lipinski definition) is 3. The number of rotatable bonds is 6. The fraction of sp³-hybridized carbons (Fsp3) is 0.458. The fourth-order valence-corrected chi connectivity index (χ4v) is 4.32. The lowest BCUT2D eigenvalue weighted by molar-refractivity contribution is 0.181. The first-order chi connectivity index (χ1) is 14.2. The van der Waals surface area contributed by atoms with E-state index in [1.165, 1.54) is 22.4 Å². The summed E-state index contributed by atoms with van der Waals surface area (Å²) in [4.78, 5) is 9.12. The van der Waals surface area contributed by atoms with Crippen molar-refractivity contribution < 1.29 is 4.74 Å². The summed E-state index contributed by atoms with van der Waals surface area (Å²) in [7, 11) is 3.95. The van der Waals surface area contributed by atoms with Crippen molar-refractivity contribution in [2.45, 2.75) is 25.9 Å². The third-order valence-electron chi connectivity index (χ3n) is 5.96. The number of anilines is 1. The Morgan fingerprint density at radius 2 is 1.93 bits per heavy atom. The molecule has 162 valence electrons. The molecular formula is C24H33IN4O. The Labute approximate surface area is 197 Å². The van der Waals surface area contributed by atoms with Crippen LogP contribution in [-0.2, 0) is 24.2 Å². The monoisotopic (exact) mass is 520 g/mol. The van der Waals surface area contributed by atoms with Gasteiger partial charge in [0.1, 0.15) is 0 Å². The minimum atomic E-state index is 0. The number of halogens is 1. The molecule has 1 fully saturated rings. The molecule has 0 bridgehead atoms. The minimum Gasteiger partial charge on any atom is -0.381 e. The van der Waals surface area contributed by atoms with Crippen molar-refractivity contribution in [3.8, 4) is 0 Å². The summed E-state index contributed by atoms with van der Waals surface area (Å²) in [5, 5.41) is 3.49. The highest BCUT2D eigenvalue weighted by Gasteiger charge is 2.19. The lowest BCUT2D eigenvalue weighted by Gasteiger charge is -2.24. The highest BCUT2D eigenvalue weighted by Crippen LogP contribution is 2.28. The van der Waals surface area contributed by atoms with Crippen molar-refractivity contribution in [1.29, 1.82) is 0 Å². The highest BCUT2D eigenvalue weighted by atomic mass is 127. The van der Waals surface area contributed by atoms with Crippen molar-refractivity contribution in [2.75, 3.05) is 45.3 Å². The molecular weight excluding hydrogens is 487 g/mol. The number of benzene rings is 2. The van der Waals surface area contributed by atoms with Gasteiger partial charge in [0, 0.05) is 58.5 Å². The number of nitrogens with one attached hydrogen (secondary N) is 1. The normalized spacial score (nSPS) is 18.1. The van der Waals surface area contributed by atoms with Crippen LogP contribution >= 0.6 is 24.0 Å². The van der Waals surface area contributed by atoms with Crippen LogP contribution in [0.2, 0.25) is 0 Å². The second kappa shape index (κ2) is 11.0. The molecule has 0 spiro atoms. The summed E-state index contributed by atoms with van der Waals surface area (Å²) in [5.41, 5.74) is 5.48. The minimum absolute atomic E-state index is 0. The molecule has 0 aliphatic carbocycles. The van der Waals surface area contributed by atoms with Gasteiger partial charge in [-0.3, -0.25) is 4.99 Å². The first kappa shape index (κ1) is 22.9. The van der Waals surface area contributed by atoms with E-state index in [1.807, 2.05) is 7.05 Å². The molecule has 1 saturated heterocycles. The molecule has 2 aromatic carbocycles. The van der Waals surface area contributed by atoms with Crippen LogP contribution in [0.4, 0.5) is 5.69 Å². The van der Waals surface area contributed by atoms with Gasteiger partial charge in [-0.15, -0.1) is 24.0 Å². The molecule has 0 aromatic heterocycles. The molecule has 2 aromatic rings. The molecule has 0 saturated carbocycles. The van der Waals surface area contributed by atoms with E-state index in [4.69, 9.17) is 4.74 Å². The summed E-state index contributed by atoms with van der Waals surface area (Å²) < 4.78 is 5.49. The van der Waals surface area contributed by atoms with E-state index in [1.54, 1.807) is 0 Å². The van der Waals surface area contributed by atoms with Crippen LogP contribution in [-0.4, -0.2) is 51.3 Å². The number of ether oxygens (including phenoxy) is 1. The van der Waals surface area contributed by atoms with Crippen LogP contribution in [0.3, 0.4) is 0 Å². The lowest BCUT2D eigenvalue weighted by atomic mass is 10.1. The van der Waals surface area contributed by atoms with Gasteiger partial charge >= 0.3 is 0 Å². The SMILES string of the molecule is CN=C(NCc1ccc(CN2CCc3ccccc32)cc1)N(C)CC1CCOC1.I. The molecule has 6 heteroatoms. The lowest BCUT2D eigenvalue weighted by Crippen LogP contribution is -2.41. The van der Waals surface area contributed by atoms with E-state index in [2.05, 4.69) is 75.7 Å². The summed E-state index contributed by atoms with van der Waals surface area (Å²) in [5.74, 6) is 1.54. The van der Waals surface area contributed by atoms with Crippen LogP contribution in [0.1, 0.15) is 23.1 Å². The van der Waals surface area contributed by atoms with Crippen LogP contribution in [0.25, 0.3) is 0 Å². The maximum Gasteiger partial charge on any atom is 0.193 e. The Morgan fingerprint density at radius 1 is 1.17 bits per heavy atom. The predicted octanol–water partition coefficient (Wildman–Crippen LogP) is 3.91. The summed E-state index contributed by atoms with van der Waals surface area (Å²) in [6.07, 6.45) is 2.29. The number of guanidine groups is 1. The van der Waals surface area contributed by atoms with Gasteiger partial charge in [-0.2, -0.15) is 0 Å². The Hall–Kier alpha value is -1.80. The highest BCUT2D eigenvalue weighted by molar-refractivity contribution is 14.0.